The molecule has 0 unspecified atom stereocenters. The second-order valence-corrected chi connectivity index (χ2v) is 9.07. The summed E-state index contributed by atoms with van der Waals surface area (Å²) in [6, 6.07) is 4.08. The molecule has 0 radical (unpaired) electrons. The molecule has 1 fully saturated rings. The summed E-state index contributed by atoms with van der Waals surface area (Å²) in [7, 11) is -2.38. The number of ether oxygens (including phenoxy) is 2. The fourth-order valence-corrected chi connectivity index (χ4v) is 4.87. The monoisotopic (exact) mass is 450 g/mol. The molecule has 2 rings (SSSR count). The summed E-state index contributed by atoms with van der Waals surface area (Å²) in [5, 5.41) is 0. The van der Waals surface area contributed by atoms with Gasteiger partial charge in [-0.05, 0) is 31.0 Å². The van der Waals surface area contributed by atoms with E-state index in [-0.39, 0.29) is 29.3 Å². The molecule has 170 valence electrons. The highest BCUT2D eigenvalue weighted by Crippen LogP contribution is 2.26. The van der Waals surface area contributed by atoms with Crippen molar-refractivity contribution in [2.75, 3.05) is 39.9 Å². The number of amides is 1. The van der Waals surface area contributed by atoms with Gasteiger partial charge in [-0.25, -0.2) is 13.2 Å². The molecule has 1 aromatic rings. The molecule has 1 aliphatic heterocycles. The Morgan fingerprint density at radius 1 is 1.10 bits per heavy atom. The van der Waals surface area contributed by atoms with Gasteiger partial charge in [0.25, 0.3) is 5.91 Å². The fraction of sp³-hybridized carbons (Fsp3) is 0.455. The van der Waals surface area contributed by atoms with Gasteiger partial charge in [-0.2, -0.15) is 4.31 Å². The zero-order valence-electron chi connectivity index (χ0n) is 17.9. The molecular formula is C22H30N2O6S. The number of hydrogen-bond donors (Lipinski definition) is 0. The van der Waals surface area contributed by atoms with E-state index in [1.165, 1.54) is 34.5 Å². The van der Waals surface area contributed by atoms with Gasteiger partial charge >= 0.3 is 5.97 Å². The molecule has 9 heteroatoms. The number of nitrogens with zero attached hydrogens (tertiary/aromatic N) is 2. The third-order valence-corrected chi connectivity index (χ3v) is 6.87. The van der Waals surface area contributed by atoms with Crippen LogP contribution in [0.25, 0.3) is 0 Å². The van der Waals surface area contributed by atoms with E-state index in [4.69, 9.17) is 9.47 Å². The molecule has 1 heterocycles. The first-order valence-electron chi connectivity index (χ1n) is 10.2. The van der Waals surface area contributed by atoms with Crippen LogP contribution in [0.15, 0.2) is 48.4 Å². The standard InChI is InChI=1S/C22H30N2O6S/c1-4-12-23(13-5-2)21(25)17-30-22(26)19-16-18(10-11-20(19)29-3)31(27,28)24-14-8-6-7-9-15-24/h4-5,10-11,16H,1-2,6-9,12-15,17H2,3H3. The van der Waals surface area contributed by atoms with Crippen LogP contribution in [-0.2, 0) is 19.6 Å². The van der Waals surface area contributed by atoms with Crippen LogP contribution in [0.2, 0.25) is 0 Å². The van der Waals surface area contributed by atoms with Gasteiger partial charge in [-0.15, -0.1) is 13.2 Å². The van der Waals surface area contributed by atoms with Crippen molar-refractivity contribution in [2.45, 2.75) is 30.6 Å². The van der Waals surface area contributed by atoms with Gasteiger partial charge in [0, 0.05) is 26.2 Å². The Labute approximate surface area is 184 Å². The summed E-state index contributed by atoms with van der Waals surface area (Å²) < 4.78 is 37.9. The Bertz CT molecular complexity index is 895. The highest BCUT2D eigenvalue weighted by Gasteiger charge is 2.27. The number of hydrogen-bond acceptors (Lipinski definition) is 6. The van der Waals surface area contributed by atoms with Crippen molar-refractivity contribution in [3.05, 3.63) is 49.1 Å². The largest absolute Gasteiger partial charge is 0.496 e. The van der Waals surface area contributed by atoms with Crippen molar-refractivity contribution in [1.29, 1.82) is 0 Å². The summed E-state index contributed by atoms with van der Waals surface area (Å²) in [5.74, 6) is -1.09. The molecule has 0 N–H and O–H groups in total. The molecule has 0 bridgehead atoms. The van der Waals surface area contributed by atoms with E-state index >= 15 is 0 Å². The Balaban J connectivity index is 2.21. The highest BCUT2D eigenvalue weighted by molar-refractivity contribution is 7.89. The molecule has 1 saturated heterocycles. The number of esters is 1. The van der Waals surface area contributed by atoms with Crippen molar-refractivity contribution in [1.82, 2.24) is 9.21 Å². The smallest absolute Gasteiger partial charge is 0.342 e. The normalized spacial score (nSPS) is 14.9. The molecule has 8 nitrogen and oxygen atoms in total. The lowest BCUT2D eigenvalue weighted by Crippen LogP contribution is -2.35. The molecular weight excluding hydrogens is 420 g/mol. The predicted octanol–water partition coefficient (Wildman–Crippen LogP) is 2.62. The lowest BCUT2D eigenvalue weighted by molar-refractivity contribution is -0.133. The summed E-state index contributed by atoms with van der Waals surface area (Å²) in [4.78, 5) is 26.4. The molecule has 0 saturated carbocycles. The quantitative estimate of drug-likeness (QED) is 0.402. The third kappa shape index (κ3) is 6.41. The van der Waals surface area contributed by atoms with E-state index in [9.17, 15) is 18.0 Å². The van der Waals surface area contributed by atoms with Gasteiger partial charge in [-0.1, -0.05) is 25.0 Å². The maximum atomic E-state index is 13.1. The van der Waals surface area contributed by atoms with Crippen molar-refractivity contribution < 1.29 is 27.5 Å². The van der Waals surface area contributed by atoms with Crippen molar-refractivity contribution in [3.63, 3.8) is 0 Å². The van der Waals surface area contributed by atoms with Gasteiger partial charge in [0.05, 0.1) is 12.0 Å². The Morgan fingerprint density at radius 3 is 2.26 bits per heavy atom. The lowest BCUT2D eigenvalue weighted by atomic mass is 10.2. The van der Waals surface area contributed by atoms with Crippen LogP contribution in [0.1, 0.15) is 36.0 Å². The summed E-state index contributed by atoms with van der Waals surface area (Å²) in [5.41, 5.74) is -0.0508. The molecule has 1 amide bonds. The van der Waals surface area contributed by atoms with Crippen LogP contribution in [0.4, 0.5) is 0 Å². The van der Waals surface area contributed by atoms with Crippen LogP contribution in [0.5, 0.6) is 5.75 Å². The zero-order chi connectivity index (χ0) is 22.9. The number of methoxy groups -OCH3 is 1. The van der Waals surface area contributed by atoms with Crippen molar-refractivity contribution in [2.24, 2.45) is 0 Å². The summed E-state index contributed by atoms with van der Waals surface area (Å²) in [6.07, 6.45) is 6.72. The van der Waals surface area contributed by atoms with Gasteiger partial charge in [0.15, 0.2) is 6.61 Å². The van der Waals surface area contributed by atoms with Crippen LogP contribution in [-0.4, -0.2) is 69.4 Å². The average molecular weight is 451 g/mol. The van der Waals surface area contributed by atoms with Crippen molar-refractivity contribution in [3.8, 4) is 5.75 Å². The van der Waals surface area contributed by atoms with Crippen LogP contribution < -0.4 is 4.74 Å². The van der Waals surface area contributed by atoms with Gasteiger partial charge in [0.2, 0.25) is 10.0 Å². The number of benzene rings is 1. The molecule has 0 aromatic heterocycles. The first-order chi connectivity index (χ1) is 14.8. The van der Waals surface area contributed by atoms with E-state index < -0.39 is 28.5 Å². The maximum absolute atomic E-state index is 13.1. The van der Waals surface area contributed by atoms with Gasteiger partial charge in [0.1, 0.15) is 11.3 Å². The number of rotatable bonds is 10. The minimum atomic E-state index is -3.75. The second-order valence-electron chi connectivity index (χ2n) is 7.13. The predicted molar refractivity (Wildman–Crippen MR) is 117 cm³/mol. The van der Waals surface area contributed by atoms with Gasteiger partial charge < -0.3 is 14.4 Å². The Morgan fingerprint density at radius 2 is 1.71 bits per heavy atom. The maximum Gasteiger partial charge on any atom is 0.342 e. The summed E-state index contributed by atoms with van der Waals surface area (Å²) in [6.45, 7) is 8.17. The minimum absolute atomic E-state index is 0.00609. The van der Waals surface area contributed by atoms with Crippen LogP contribution in [0, 0.1) is 0 Å². The van der Waals surface area contributed by atoms with Crippen molar-refractivity contribution >= 4 is 21.9 Å². The molecule has 0 atom stereocenters. The topological polar surface area (TPSA) is 93.2 Å². The van der Waals surface area contributed by atoms with Crippen LogP contribution in [0.3, 0.4) is 0 Å². The number of carbonyl (C=O) groups is 2. The van der Waals surface area contributed by atoms with Gasteiger partial charge in [-0.3, -0.25) is 4.79 Å². The number of carbonyl (C=O) groups excluding carboxylic acids is 2. The van der Waals surface area contributed by atoms with E-state index in [1.807, 2.05) is 0 Å². The van der Waals surface area contributed by atoms with Crippen LogP contribution >= 0.6 is 0 Å². The van der Waals surface area contributed by atoms with E-state index in [2.05, 4.69) is 13.2 Å². The fourth-order valence-electron chi connectivity index (χ4n) is 3.32. The molecule has 0 aliphatic carbocycles. The number of sulfonamides is 1. The Kier molecular flexibility index (Phi) is 9.26. The lowest BCUT2D eigenvalue weighted by Gasteiger charge is -2.21. The van der Waals surface area contributed by atoms with E-state index in [1.54, 1.807) is 12.2 Å². The molecule has 31 heavy (non-hydrogen) atoms. The average Bonchev–Trinajstić information content (AvgIpc) is 3.06. The minimum Gasteiger partial charge on any atom is -0.496 e. The first-order valence-corrected chi connectivity index (χ1v) is 11.6. The highest BCUT2D eigenvalue weighted by atomic mass is 32.2. The van der Waals surface area contributed by atoms with E-state index in [0.29, 0.717) is 13.1 Å². The molecule has 1 aromatic carbocycles. The second kappa shape index (κ2) is 11.7. The Hall–Kier alpha value is -2.65. The van der Waals surface area contributed by atoms with E-state index in [0.717, 1.165) is 25.7 Å². The first kappa shape index (κ1) is 24.6. The molecule has 0 spiro atoms. The summed E-state index contributed by atoms with van der Waals surface area (Å²) >= 11 is 0. The molecule has 1 aliphatic rings. The third-order valence-electron chi connectivity index (χ3n) is 4.97. The zero-order valence-corrected chi connectivity index (χ0v) is 18.7. The SMILES string of the molecule is C=CCN(CC=C)C(=O)COC(=O)c1cc(S(=O)(=O)N2CCCCCC2)ccc1OC.